The van der Waals surface area contributed by atoms with Gasteiger partial charge in [-0.1, -0.05) is 13.8 Å². The van der Waals surface area contributed by atoms with Crippen LogP contribution in [0.25, 0.3) is 0 Å². The van der Waals surface area contributed by atoms with E-state index >= 15 is 0 Å². The Labute approximate surface area is 153 Å². The third-order valence-corrected chi connectivity index (χ3v) is 7.06. The molecule has 0 radical (unpaired) electrons. The molecule has 2 fully saturated rings. The van der Waals surface area contributed by atoms with E-state index < -0.39 is 20.0 Å². The minimum atomic E-state index is -4.13. The molecule has 0 bridgehead atoms. The summed E-state index contributed by atoms with van der Waals surface area (Å²) in [5.74, 6) is 1.49. The molecule has 0 aromatic rings. The second-order valence-corrected chi connectivity index (χ2v) is 8.85. The van der Waals surface area contributed by atoms with Crippen molar-refractivity contribution in [3.8, 4) is 0 Å². The average Bonchev–Trinajstić information content (AvgIpc) is 3.21. The molecule has 4 aliphatic rings. The zero-order chi connectivity index (χ0) is 18.2. The number of nitrogens with one attached hydrogen (secondary N) is 3. The molecule has 1 saturated carbocycles. The van der Waals surface area contributed by atoms with Gasteiger partial charge < -0.3 is 0 Å². The van der Waals surface area contributed by atoms with Gasteiger partial charge in [0.25, 0.3) is 0 Å². The molecule has 25 heavy (non-hydrogen) atoms. The number of halogens is 3. The molecule has 3 atom stereocenters. The van der Waals surface area contributed by atoms with Gasteiger partial charge in [-0.15, -0.1) is 0 Å². The Bertz CT molecular complexity index is 614. The van der Waals surface area contributed by atoms with Crippen molar-refractivity contribution in [1.29, 1.82) is 0 Å². The summed E-state index contributed by atoms with van der Waals surface area (Å²) in [5, 5.41) is 4.68. The van der Waals surface area contributed by atoms with Gasteiger partial charge in [0.2, 0.25) is 0 Å². The molecule has 4 rings (SSSR count). The van der Waals surface area contributed by atoms with E-state index in [-0.39, 0.29) is 11.6 Å². The summed E-state index contributed by atoms with van der Waals surface area (Å²) in [5.41, 5.74) is 3.96. The second-order valence-electron chi connectivity index (χ2n) is 6.53. The van der Waals surface area contributed by atoms with Gasteiger partial charge in [-0.05, 0) is 0 Å². The number of allylic oxidation sites excluding steroid dienone is 3. The molecule has 1 saturated heterocycles. The molecule has 4 nitrogen and oxygen atoms in total. The van der Waals surface area contributed by atoms with E-state index in [9.17, 15) is 13.2 Å². The normalized spacial score (nSPS) is 33.2. The van der Waals surface area contributed by atoms with E-state index in [4.69, 9.17) is 0 Å². The first kappa shape index (κ1) is 18.8. The van der Waals surface area contributed by atoms with Crippen LogP contribution in [0.1, 0.15) is 33.6 Å². The van der Waals surface area contributed by atoms with E-state index in [1.165, 1.54) is 0 Å². The van der Waals surface area contributed by atoms with Crippen molar-refractivity contribution in [1.82, 2.24) is 21.1 Å². The summed E-state index contributed by atoms with van der Waals surface area (Å²) in [4.78, 5) is 0. The topological polar surface area (TPSA) is 39.3 Å². The SMILES string of the molecule is CC.CC1NN2C(NC34CCNCC3C4)=CC=CC2=C1[Se]C(F)(F)F. The van der Waals surface area contributed by atoms with Gasteiger partial charge in [-0.3, -0.25) is 0 Å². The monoisotopic (exact) mass is 422 g/mol. The summed E-state index contributed by atoms with van der Waals surface area (Å²) in [6.07, 6.45) is 7.74. The molecule has 3 unspecified atom stereocenters. The third-order valence-electron chi connectivity index (χ3n) is 4.93. The van der Waals surface area contributed by atoms with E-state index in [1.54, 1.807) is 18.0 Å². The minimum absolute atomic E-state index is 0.121. The van der Waals surface area contributed by atoms with Crippen molar-refractivity contribution < 1.29 is 13.2 Å². The van der Waals surface area contributed by atoms with Crippen LogP contribution in [-0.4, -0.2) is 49.7 Å². The Morgan fingerprint density at radius 2 is 2.12 bits per heavy atom. The van der Waals surface area contributed by atoms with Crippen LogP contribution in [0.5, 0.6) is 0 Å². The van der Waals surface area contributed by atoms with Gasteiger partial charge in [0.15, 0.2) is 0 Å². The number of fused-ring (bicyclic) bond motifs is 2. The molecular weight excluding hydrogens is 396 g/mol. The molecule has 3 aliphatic heterocycles. The van der Waals surface area contributed by atoms with Gasteiger partial charge in [0.1, 0.15) is 0 Å². The third kappa shape index (κ3) is 3.77. The van der Waals surface area contributed by atoms with E-state index in [0.29, 0.717) is 16.1 Å². The van der Waals surface area contributed by atoms with Crippen molar-refractivity contribution >= 4 is 15.0 Å². The second kappa shape index (κ2) is 6.99. The van der Waals surface area contributed by atoms with Crippen LogP contribution >= 0.6 is 0 Å². The van der Waals surface area contributed by atoms with Gasteiger partial charge in [-0.25, -0.2) is 0 Å². The Kier molecular flexibility index (Phi) is 5.26. The zero-order valence-corrected chi connectivity index (χ0v) is 16.4. The van der Waals surface area contributed by atoms with Crippen molar-refractivity contribution in [3.05, 3.63) is 34.2 Å². The first-order chi connectivity index (χ1) is 11.9. The van der Waals surface area contributed by atoms with Gasteiger partial charge >= 0.3 is 139 Å². The fraction of sp³-hybridized carbons (Fsp3) is 0.647. The maximum atomic E-state index is 12.9. The number of piperidine rings is 1. The molecule has 0 aromatic carbocycles. The summed E-state index contributed by atoms with van der Waals surface area (Å²) in [6.45, 7) is 7.80. The van der Waals surface area contributed by atoms with E-state index in [0.717, 1.165) is 31.8 Å². The summed E-state index contributed by atoms with van der Waals surface area (Å²) >= 11 is -1.51. The van der Waals surface area contributed by atoms with Crippen LogP contribution in [0.2, 0.25) is 0 Å². The fourth-order valence-corrected chi connectivity index (χ4v) is 5.25. The Hall–Kier alpha value is -0.951. The van der Waals surface area contributed by atoms with Crippen LogP contribution in [0.3, 0.4) is 0 Å². The van der Waals surface area contributed by atoms with Crippen LogP contribution in [0.4, 0.5) is 13.2 Å². The van der Waals surface area contributed by atoms with Crippen molar-refractivity contribution in [2.45, 2.75) is 50.3 Å². The zero-order valence-electron chi connectivity index (χ0n) is 14.7. The first-order valence-electron chi connectivity index (χ1n) is 8.81. The van der Waals surface area contributed by atoms with Crippen molar-refractivity contribution in [3.63, 3.8) is 0 Å². The Morgan fingerprint density at radius 1 is 1.36 bits per heavy atom. The number of hydrogen-bond donors (Lipinski definition) is 3. The predicted octanol–water partition coefficient (Wildman–Crippen LogP) is 2.41. The van der Waals surface area contributed by atoms with Crippen molar-refractivity contribution in [2.24, 2.45) is 5.92 Å². The molecule has 0 aromatic heterocycles. The fourth-order valence-electron chi connectivity index (χ4n) is 3.69. The molecule has 8 heteroatoms. The number of nitrogens with zero attached hydrogens (tertiary/aromatic N) is 1. The van der Waals surface area contributed by atoms with Gasteiger partial charge in [0.05, 0.1) is 0 Å². The molecular formula is C17H25F3N4Se. The predicted molar refractivity (Wildman–Crippen MR) is 93.3 cm³/mol. The van der Waals surface area contributed by atoms with Crippen LogP contribution in [0, 0.1) is 5.92 Å². The number of hydrogen-bond acceptors (Lipinski definition) is 4. The van der Waals surface area contributed by atoms with Crippen LogP contribution in [0.15, 0.2) is 34.2 Å². The Morgan fingerprint density at radius 3 is 2.80 bits per heavy atom. The summed E-state index contributed by atoms with van der Waals surface area (Å²) in [7, 11) is 0. The molecule has 1 aliphatic carbocycles. The molecule has 0 spiro atoms. The van der Waals surface area contributed by atoms with Gasteiger partial charge in [-0.2, -0.15) is 0 Å². The number of alkyl halides is 3. The molecule has 3 N–H and O–H groups in total. The van der Waals surface area contributed by atoms with Crippen molar-refractivity contribution in [2.75, 3.05) is 13.1 Å². The van der Waals surface area contributed by atoms with Gasteiger partial charge in [0, 0.05) is 0 Å². The quantitative estimate of drug-likeness (QED) is 0.613. The number of hydrazine groups is 1. The summed E-state index contributed by atoms with van der Waals surface area (Å²) in [6, 6.07) is -0.292. The summed E-state index contributed by atoms with van der Waals surface area (Å²) < 4.78 is 39.1. The standard InChI is InChI=1S/C15H19F3N4Se.C2H6/c1-9-13(23-15(16,17)18)11-3-2-4-12(22(11)21-9)20-14-5-6-19-8-10(14)7-14;1-2/h2-4,9-10,19-21H,5-8H2,1H3;1-2H3. The Balaban J connectivity index is 0.000000880. The van der Waals surface area contributed by atoms with Crippen LogP contribution < -0.4 is 16.1 Å². The molecule has 140 valence electrons. The first-order valence-corrected chi connectivity index (χ1v) is 10.5. The average molecular weight is 421 g/mol. The molecule has 0 amide bonds. The maximum absolute atomic E-state index is 12.9. The van der Waals surface area contributed by atoms with Crippen LogP contribution in [-0.2, 0) is 0 Å². The van der Waals surface area contributed by atoms with E-state index in [2.05, 4.69) is 16.1 Å². The molecule has 3 heterocycles. The number of rotatable bonds is 3. The van der Waals surface area contributed by atoms with E-state index in [1.807, 2.05) is 26.0 Å².